The van der Waals surface area contributed by atoms with Crippen molar-refractivity contribution in [1.82, 2.24) is 0 Å². The lowest BCUT2D eigenvalue weighted by Gasteiger charge is -2.53. The highest BCUT2D eigenvalue weighted by Crippen LogP contribution is 2.62. The third-order valence-electron chi connectivity index (χ3n) is 6.90. The van der Waals surface area contributed by atoms with Gasteiger partial charge in [0.05, 0.1) is 12.2 Å². The summed E-state index contributed by atoms with van der Waals surface area (Å²) in [5.41, 5.74) is 2.55. The Balaban J connectivity index is 1.78. The molecule has 4 rings (SSSR count). The Bertz CT molecular complexity index is 619. The molecule has 3 unspecified atom stereocenters. The van der Waals surface area contributed by atoms with E-state index in [-0.39, 0.29) is 22.5 Å². The number of methoxy groups -OCH3 is 1. The average molecular weight is 378 g/mol. The number of rotatable bonds is 1. The lowest BCUT2D eigenvalue weighted by Crippen LogP contribution is -2.50. The molecular weight excluding hydrogens is 353 g/mol. The van der Waals surface area contributed by atoms with Gasteiger partial charge in [0.2, 0.25) is 0 Å². The predicted molar refractivity (Wildman–Crippen MR) is 93.0 cm³/mol. The Labute approximate surface area is 146 Å². The molecule has 2 N–H and O–H groups in total. The van der Waals surface area contributed by atoms with E-state index in [1.807, 2.05) is 6.07 Å². The second-order valence-electron chi connectivity index (χ2n) is 7.90. The summed E-state index contributed by atoms with van der Waals surface area (Å²) in [6.45, 7) is 2.25. The van der Waals surface area contributed by atoms with Gasteiger partial charge in [-0.3, -0.25) is 0 Å². The summed E-state index contributed by atoms with van der Waals surface area (Å²) in [5, 5.41) is 20.5. The van der Waals surface area contributed by atoms with E-state index in [0.717, 1.165) is 25.7 Å². The van der Waals surface area contributed by atoms with E-state index >= 15 is 0 Å². The van der Waals surface area contributed by atoms with E-state index in [1.165, 1.54) is 11.1 Å². The minimum Gasteiger partial charge on any atom is -0.508 e. The van der Waals surface area contributed by atoms with Crippen LogP contribution in [0, 0.1) is 17.3 Å². The molecular formula is C19H25BrO3. The van der Waals surface area contributed by atoms with Crippen LogP contribution in [-0.2, 0) is 11.2 Å². The van der Waals surface area contributed by atoms with Crippen LogP contribution in [0.3, 0.4) is 0 Å². The van der Waals surface area contributed by atoms with Crippen LogP contribution in [0.25, 0.3) is 0 Å². The highest BCUT2D eigenvalue weighted by molar-refractivity contribution is 9.09. The van der Waals surface area contributed by atoms with Crippen molar-refractivity contribution in [2.75, 3.05) is 7.11 Å². The molecule has 0 bridgehead atoms. The Morgan fingerprint density at radius 1 is 1.35 bits per heavy atom. The molecule has 1 aromatic rings. The first-order valence-corrected chi connectivity index (χ1v) is 9.54. The van der Waals surface area contributed by atoms with Gasteiger partial charge < -0.3 is 14.9 Å². The van der Waals surface area contributed by atoms with Crippen LogP contribution in [0.1, 0.15) is 43.2 Å². The number of halogens is 1. The number of ether oxygens (including phenoxy) is 1. The van der Waals surface area contributed by atoms with Gasteiger partial charge in [-0.25, -0.2) is 0 Å². The molecule has 3 aliphatic carbocycles. The van der Waals surface area contributed by atoms with Crippen LogP contribution in [0.4, 0.5) is 0 Å². The lowest BCUT2D eigenvalue weighted by atomic mass is 9.54. The zero-order valence-corrected chi connectivity index (χ0v) is 15.3. The number of alkyl halides is 1. The summed E-state index contributed by atoms with van der Waals surface area (Å²) < 4.78 is 5.92. The second kappa shape index (κ2) is 5.47. The summed E-state index contributed by atoms with van der Waals surface area (Å²) >= 11 is 3.70. The first kappa shape index (κ1) is 15.9. The van der Waals surface area contributed by atoms with Crippen molar-refractivity contribution in [2.24, 2.45) is 17.3 Å². The molecule has 2 saturated carbocycles. The van der Waals surface area contributed by atoms with E-state index in [4.69, 9.17) is 4.74 Å². The average Bonchev–Trinajstić information content (AvgIpc) is 2.77. The maximum Gasteiger partial charge on any atom is 0.115 e. The van der Waals surface area contributed by atoms with Crippen molar-refractivity contribution in [3.05, 3.63) is 29.3 Å². The summed E-state index contributed by atoms with van der Waals surface area (Å²) in [4.78, 5) is 0.190. The molecule has 0 spiro atoms. The van der Waals surface area contributed by atoms with Crippen LogP contribution in [0.2, 0.25) is 0 Å². The van der Waals surface area contributed by atoms with Crippen LogP contribution in [0.5, 0.6) is 5.75 Å². The molecule has 23 heavy (non-hydrogen) atoms. The number of aliphatic hydroxyl groups excluding tert-OH is 1. The minimum atomic E-state index is -0.299. The molecule has 0 heterocycles. The smallest absolute Gasteiger partial charge is 0.115 e. The normalized spacial score (nSPS) is 45.2. The van der Waals surface area contributed by atoms with Gasteiger partial charge in [-0.15, -0.1) is 0 Å². The molecule has 2 fully saturated rings. The van der Waals surface area contributed by atoms with Gasteiger partial charge in [0.15, 0.2) is 0 Å². The number of fused-ring (bicyclic) bond motifs is 5. The van der Waals surface area contributed by atoms with E-state index in [2.05, 4.69) is 28.9 Å². The Kier molecular flexibility index (Phi) is 3.78. The van der Waals surface area contributed by atoms with Crippen LogP contribution >= 0.6 is 15.9 Å². The fraction of sp³-hybridized carbons (Fsp3) is 0.684. The molecule has 7 atom stereocenters. The van der Waals surface area contributed by atoms with Gasteiger partial charge in [0.25, 0.3) is 0 Å². The Hall–Kier alpha value is -0.580. The summed E-state index contributed by atoms with van der Waals surface area (Å²) in [6.07, 6.45) is 3.91. The maximum atomic E-state index is 10.8. The third-order valence-corrected chi connectivity index (χ3v) is 7.77. The number of hydrogen-bond acceptors (Lipinski definition) is 3. The van der Waals surface area contributed by atoms with Crippen molar-refractivity contribution in [3.63, 3.8) is 0 Å². The standard InChI is InChI=1S/C19H25BrO3/c1-19-9-16(23-2)17-12-6-4-11(21)7-10(12)3-5-13(17)14(19)8-15(20)18(19)22/h4,6-7,13-18,21-22H,3,5,8-9H2,1-2H3/t13?,14?,15-,16+,17?,18+,19+/m1/s1/i20-3. The number of phenols is 1. The zero-order chi connectivity index (χ0) is 16.4. The van der Waals surface area contributed by atoms with E-state index in [0.29, 0.717) is 23.5 Å². The molecule has 3 aliphatic rings. The van der Waals surface area contributed by atoms with Crippen molar-refractivity contribution in [2.45, 2.75) is 55.6 Å². The quantitative estimate of drug-likeness (QED) is 0.734. The largest absolute Gasteiger partial charge is 0.508 e. The molecule has 0 aliphatic heterocycles. The highest BCUT2D eigenvalue weighted by Gasteiger charge is 2.60. The van der Waals surface area contributed by atoms with Crippen LogP contribution < -0.4 is 0 Å². The van der Waals surface area contributed by atoms with Crippen molar-refractivity contribution in [1.29, 1.82) is 0 Å². The Morgan fingerprint density at radius 2 is 2.13 bits per heavy atom. The van der Waals surface area contributed by atoms with E-state index in [1.54, 1.807) is 13.2 Å². The molecule has 0 radical (unpaired) electrons. The number of hydrogen-bond donors (Lipinski definition) is 2. The number of aryl methyl sites for hydroxylation is 1. The highest BCUT2D eigenvalue weighted by atomic mass is 76.9. The summed E-state index contributed by atoms with van der Waals surface area (Å²) in [7, 11) is 1.80. The van der Waals surface area contributed by atoms with Gasteiger partial charge in [-0.1, -0.05) is 28.9 Å². The van der Waals surface area contributed by atoms with Crippen molar-refractivity contribution in [3.8, 4) is 5.75 Å². The van der Waals surface area contributed by atoms with E-state index in [9.17, 15) is 10.2 Å². The van der Waals surface area contributed by atoms with Crippen molar-refractivity contribution >= 4 is 15.9 Å². The van der Waals surface area contributed by atoms with Gasteiger partial charge in [0, 0.05) is 23.3 Å². The molecule has 126 valence electrons. The minimum absolute atomic E-state index is 0.0650. The van der Waals surface area contributed by atoms with Crippen LogP contribution in [0.15, 0.2) is 18.2 Å². The van der Waals surface area contributed by atoms with Crippen molar-refractivity contribution < 1.29 is 14.9 Å². The number of aromatic hydroxyl groups is 1. The topological polar surface area (TPSA) is 49.7 Å². The molecule has 0 amide bonds. The summed E-state index contributed by atoms with van der Waals surface area (Å²) in [6, 6.07) is 5.81. The van der Waals surface area contributed by atoms with Gasteiger partial charge in [-0.2, -0.15) is 0 Å². The SMILES string of the molecule is CO[C@H]1C[C@@]2(C)C(C[C@@H]([77Br])[C@@H]2O)C2CCc3cc(O)ccc3C21. The molecule has 0 aromatic heterocycles. The molecule has 4 heteroatoms. The monoisotopic (exact) mass is 378 g/mol. The molecule has 0 saturated heterocycles. The third kappa shape index (κ3) is 2.21. The van der Waals surface area contributed by atoms with Gasteiger partial charge in [-0.05, 0) is 60.8 Å². The first-order chi connectivity index (χ1) is 11.0. The van der Waals surface area contributed by atoms with Crippen LogP contribution in [-0.4, -0.2) is 34.4 Å². The number of aliphatic hydroxyl groups is 1. The molecule has 3 nitrogen and oxygen atoms in total. The predicted octanol–water partition coefficient (Wildman–Crippen LogP) is 3.61. The van der Waals surface area contributed by atoms with E-state index < -0.39 is 0 Å². The number of phenolic OH excluding ortho intramolecular Hbond substituents is 1. The zero-order valence-electron chi connectivity index (χ0n) is 13.7. The fourth-order valence-electron chi connectivity index (χ4n) is 5.79. The fourth-order valence-corrected chi connectivity index (χ4v) is 6.80. The second-order valence-corrected chi connectivity index (χ2v) is 9.07. The molecule has 1 aromatic carbocycles. The number of benzene rings is 1. The van der Waals surface area contributed by atoms with Gasteiger partial charge in [0.1, 0.15) is 5.75 Å². The summed E-state index contributed by atoms with van der Waals surface area (Å²) in [5.74, 6) is 1.81. The Morgan fingerprint density at radius 3 is 2.87 bits per heavy atom. The first-order valence-electron chi connectivity index (χ1n) is 8.62. The lowest BCUT2D eigenvalue weighted by molar-refractivity contribution is -0.0924. The van der Waals surface area contributed by atoms with Gasteiger partial charge >= 0.3 is 0 Å². The maximum absolute atomic E-state index is 10.8.